The third kappa shape index (κ3) is 3.70. The SMILES string of the molecule is Cc1ccc(COc2ccc3c(c2)SCCC3O)c(C(F)(F)F)c1. The van der Waals surface area contributed by atoms with Crippen LogP contribution >= 0.6 is 11.8 Å². The minimum absolute atomic E-state index is 0.110. The molecule has 0 bridgehead atoms. The van der Waals surface area contributed by atoms with Gasteiger partial charge < -0.3 is 9.84 Å². The highest BCUT2D eigenvalue weighted by Gasteiger charge is 2.33. The number of fused-ring (bicyclic) bond motifs is 1. The van der Waals surface area contributed by atoms with Gasteiger partial charge in [0, 0.05) is 16.2 Å². The lowest BCUT2D eigenvalue weighted by Crippen LogP contribution is -2.11. The second-order valence-electron chi connectivity index (χ2n) is 5.80. The predicted molar refractivity (Wildman–Crippen MR) is 87.3 cm³/mol. The van der Waals surface area contributed by atoms with E-state index in [1.165, 1.54) is 6.07 Å². The van der Waals surface area contributed by atoms with Gasteiger partial charge in [-0.15, -0.1) is 11.8 Å². The lowest BCUT2D eigenvalue weighted by atomic mass is 10.0. The van der Waals surface area contributed by atoms with Crippen LogP contribution in [0.25, 0.3) is 0 Å². The normalized spacial score (nSPS) is 17.5. The summed E-state index contributed by atoms with van der Waals surface area (Å²) in [7, 11) is 0. The maximum Gasteiger partial charge on any atom is 0.416 e. The van der Waals surface area contributed by atoms with Gasteiger partial charge in [0.05, 0.1) is 11.7 Å². The highest BCUT2D eigenvalue weighted by atomic mass is 32.2. The minimum atomic E-state index is -4.40. The van der Waals surface area contributed by atoms with Crippen LogP contribution < -0.4 is 4.74 Å². The maximum absolute atomic E-state index is 13.1. The molecule has 0 saturated heterocycles. The molecule has 0 aliphatic carbocycles. The summed E-state index contributed by atoms with van der Waals surface area (Å²) < 4.78 is 45.0. The zero-order chi connectivity index (χ0) is 17.3. The summed E-state index contributed by atoms with van der Waals surface area (Å²) in [6, 6.07) is 9.49. The Balaban J connectivity index is 1.79. The first-order chi connectivity index (χ1) is 11.3. The van der Waals surface area contributed by atoms with E-state index in [1.54, 1.807) is 43.0 Å². The lowest BCUT2D eigenvalue weighted by molar-refractivity contribution is -0.138. The number of benzene rings is 2. The number of rotatable bonds is 3. The zero-order valence-corrected chi connectivity index (χ0v) is 13.9. The van der Waals surface area contributed by atoms with Crippen LogP contribution in [-0.4, -0.2) is 10.9 Å². The van der Waals surface area contributed by atoms with Gasteiger partial charge in [-0.2, -0.15) is 13.2 Å². The molecule has 0 spiro atoms. The van der Waals surface area contributed by atoms with Crippen LogP contribution in [0.15, 0.2) is 41.3 Å². The zero-order valence-electron chi connectivity index (χ0n) is 13.1. The molecule has 1 aliphatic heterocycles. The van der Waals surface area contributed by atoms with Crippen LogP contribution in [0.5, 0.6) is 5.75 Å². The Morgan fingerprint density at radius 2 is 2.00 bits per heavy atom. The van der Waals surface area contributed by atoms with Gasteiger partial charge in [0.25, 0.3) is 0 Å². The molecule has 0 aromatic heterocycles. The fraction of sp³-hybridized carbons (Fsp3) is 0.333. The third-order valence-corrected chi connectivity index (χ3v) is 5.06. The molecule has 1 aliphatic rings. The summed E-state index contributed by atoms with van der Waals surface area (Å²) >= 11 is 1.62. The monoisotopic (exact) mass is 354 g/mol. The number of ether oxygens (including phenoxy) is 1. The van der Waals surface area contributed by atoms with Gasteiger partial charge in [0.2, 0.25) is 0 Å². The Morgan fingerprint density at radius 3 is 2.75 bits per heavy atom. The number of hydrogen-bond donors (Lipinski definition) is 1. The summed E-state index contributed by atoms with van der Waals surface area (Å²) in [5.74, 6) is 1.32. The molecule has 1 atom stereocenters. The van der Waals surface area contributed by atoms with Crippen molar-refractivity contribution in [2.75, 3.05) is 5.75 Å². The fourth-order valence-electron chi connectivity index (χ4n) is 2.68. The van der Waals surface area contributed by atoms with Crippen molar-refractivity contribution in [3.63, 3.8) is 0 Å². The van der Waals surface area contributed by atoms with E-state index in [-0.39, 0.29) is 12.2 Å². The largest absolute Gasteiger partial charge is 0.489 e. The number of hydrogen-bond acceptors (Lipinski definition) is 3. The number of alkyl halides is 3. The van der Waals surface area contributed by atoms with E-state index in [0.29, 0.717) is 17.7 Å². The average Bonchev–Trinajstić information content (AvgIpc) is 2.53. The minimum Gasteiger partial charge on any atom is -0.489 e. The number of halogens is 3. The van der Waals surface area contributed by atoms with Crippen molar-refractivity contribution in [1.29, 1.82) is 0 Å². The fourth-order valence-corrected chi connectivity index (χ4v) is 3.81. The Hall–Kier alpha value is -1.66. The average molecular weight is 354 g/mol. The number of aliphatic hydroxyl groups is 1. The van der Waals surface area contributed by atoms with Crippen LogP contribution in [0.2, 0.25) is 0 Å². The van der Waals surface area contributed by atoms with Gasteiger partial charge >= 0.3 is 6.18 Å². The predicted octanol–water partition coefficient (Wildman–Crippen LogP) is 5.12. The van der Waals surface area contributed by atoms with E-state index in [4.69, 9.17) is 4.74 Å². The highest BCUT2D eigenvalue weighted by Crippen LogP contribution is 2.38. The number of aryl methyl sites for hydroxylation is 1. The van der Waals surface area contributed by atoms with Crippen LogP contribution in [0.4, 0.5) is 13.2 Å². The molecule has 0 saturated carbocycles. The Morgan fingerprint density at radius 1 is 1.21 bits per heavy atom. The molecule has 0 radical (unpaired) electrons. The summed E-state index contributed by atoms with van der Waals surface area (Å²) in [5, 5.41) is 9.93. The van der Waals surface area contributed by atoms with Crippen molar-refractivity contribution in [2.24, 2.45) is 0 Å². The maximum atomic E-state index is 13.1. The topological polar surface area (TPSA) is 29.5 Å². The molecule has 2 aromatic carbocycles. The molecule has 2 nitrogen and oxygen atoms in total. The molecule has 24 heavy (non-hydrogen) atoms. The van der Waals surface area contributed by atoms with Crippen molar-refractivity contribution >= 4 is 11.8 Å². The Kier molecular flexibility index (Phi) is 4.78. The van der Waals surface area contributed by atoms with Gasteiger partial charge in [-0.1, -0.05) is 23.8 Å². The van der Waals surface area contributed by atoms with E-state index in [9.17, 15) is 18.3 Å². The molecule has 3 rings (SSSR count). The van der Waals surface area contributed by atoms with Crippen LogP contribution in [0, 0.1) is 6.92 Å². The van der Waals surface area contributed by atoms with Gasteiger partial charge in [-0.3, -0.25) is 0 Å². The molecular formula is C18H17F3O2S. The van der Waals surface area contributed by atoms with E-state index in [2.05, 4.69) is 0 Å². The lowest BCUT2D eigenvalue weighted by Gasteiger charge is -2.21. The number of thioether (sulfide) groups is 1. The van der Waals surface area contributed by atoms with Gasteiger partial charge in [-0.05, 0) is 37.1 Å². The summed E-state index contributed by atoms with van der Waals surface area (Å²) in [6.45, 7) is 1.48. The molecule has 128 valence electrons. The smallest absolute Gasteiger partial charge is 0.416 e. The highest BCUT2D eigenvalue weighted by molar-refractivity contribution is 7.99. The first-order valence-electron chi connectivity index (χ1n) is 7.59. The van der Waals surface area contributed by atoms with Crippen LogP contribution in [0.3, 0.4) is 0 Å². The second kappa shape index (κ2) is 6.69. The molecule has 1 N–H and O–H groups in total. The molecule has 6 heteroatoms. The van der Waals surface area contributed by atoms with Gasteiger partial charge in [-0.25, -0.2) is 0 Å². The van der Waals surface area contributed by atoms with Crippen molar-refractivity contribution in [1.82, 2.24) is 0 Å². The van der Waals surface area contributed by atoms with E-state index >= 15 is 0 Å². The van der Waals surface area contributed by atoms with Crippen LogP contribution in [0.1, 0.15) is 34.8 Å². The van der Waals surface area contributed by atoms with E-state index < -0.39 is 17.8 Å². The van der Waals surface area contributed by atoms with Gasteiger partial charge in [0.1, 0.15) is 12.4 Å². The molecular weight excluding hydrogens is 337 g/mol. The first-order valence-corrected chi connectivity index (χ1v) is 8.57. The third-order valence-electron chi connectivity index (χ3n) is 3.96. The van der Waals surface area contributed by atoms with Crippen molar-refractivity contribution in [2.45, 2.75) is 37.1 Å². The summed E-state index contributed by atoms with van der Waals surface area (Å²) in [6.07, 6.45) is -4.18. The summed E-state index contributed by atoms with van der Waals surface area (Å²) in [4.78, 5) is 0.922. The molecule has 2 aromatic rings. The second-order valence-corrected chi connectivity index (χ2v) is 6.94. The van der Waals surface area contributed by atoms with Crippen molar-refractivity contribution in [3.8, 4) is 5.75 Å². The summed E-state index contributed by atoms with van der Waals surface area (Å²) in [5.41, 5.74) is 0.860. The van der Waals surface area contributed by atoms with E-state index in [0.717, 1.165) is 22.3 Å². The van der Waals surface area contributed by atoms with Crippen molar-refractivity contribution in [3.05, 3.63) is 58.7 Å². The number of aliphatic hydroxyl groups excluding tert-OH is 1. The van der Waals surface area contributed by atoms with E-state index in [1.807, 2.05) is 0 Å². The molecule has 0 fully saturated rings. The standard InChI is InChI=1S/C18H17F3O2S/c1-11-2-3-12(15(8-11)18(19,20)21)10-23-13-4-5-14-16(22)6-7-24-17(14)9-13/h2-5,8-9,16,22H,6-7,10H2,1H3. The van der Waals surface area contributed by atoms with Crippen molar-refractivity contribution < 1.29 is 23.0 Å². The van der Waals surface area contributed by atoms with Gasteiger partial charge in [0.15, 0.2) is 0 Å². The van der Waals surface area contributed by atoms with Crippen LogP contribution in [-0.2, 0) is 12.8 Å². The quantitative estimate of drug-likeness (QED) is 0.829. The Labute approximate surface area is 142 Å². The molecule has 0 amide bonds. The first kappa shape index (κ1) is 17.2. The molecule has 1 heterocycles. The Bertz CT molecular complexity index is 744. The molecule has 1 unspecified atom stereocenters.